The minimum absolute atomic E-state index is 0.0264. The average Bonchev–Trinajstić information content (AvgIpc) is 2.37. The third-order valence-corrected chi connectivity index (χ3v) is 2.33. The van der Waals surface area contributed by atoms with Gasteiger partial charge in [-0.1, -0.05) is 12.1 Å². The standard InChI is InChI=1S/C13H13F2NO4/c1-2-4-10(12(18)19)16-11(17)8-5-3-6-9(7-8)20-13(14)15/h2-3,5-7,10,13H,1,4H2,(H,16,17)(H,18,19). The first-order chi connectivity index (χ1) is 9.43. The highest BCUT2D eigenvalue weighted by molar-refractivity contribution is 5.96. The summed E-state index contributed by atoms with van der Waals surface area (Å²) in [4.78, 5) is 22.7. The van der Waals surface area contributed by atoms with E-state index in [1.165, 1.54) is 24.3 Å². The van der Waals surface area contributed by atoms with Gasteiger partial charge in [0.1, 0.15) is 11.8 Å². The topological polar surface area (TPSA) is 75.6 Å². The van der Waals surface area contributed by atoms with E-state index in [0.717, 1.165) is 6.07 Å². The molecule has 1 aromatic carbocycles. The van der Waals surface area contributed by atoms with Gasteiger partial charge in [0.25, 0.3) is 5.91 Å². The molecular weight excluding hydrogens is 272 g/mol. The summed E-state index contributed by atoms with van der Waals surface area (Å²) in [6.07, 6.45) is 1.41. The van der Waals surface area contributed by atoms with E-state index in [0.29, 0.717) is 0 Å². The number of ether oxygens (including phenoxy) is 1. The van der Waals surface area contributed by atoms with Gasteiger partial charge in [-0.3, -0.25) is 4.79 Å². The van der Waals surface area contributed by atoms with Gasteiger partial charge in [-0.05, 0) is 24.6 Å². The van der Waals surface area contributed by atoms with Crippen LogP contribution in [0.25, 0.3) is 0 Å². The van der Waals surface area contributed by atoms with Crippen LogP contribution in [-0.4, -0.2) is 29.6 Å². The Kier molecular flexibility index (Phi) is 5.64. The number of hydrogen-bond acceptors (Lipinski definition) is 3. The minimum Gasteiger partial charge on any atom is -0.480 e. The number of halogens is 2. The van der Waals surface area contributed by atoms with E-state index in [4.69, 9.17) is 5.11 Å². The molecule has 0 fully saturated rings. The number of aliphatic carboxylic acids is 1. The van der Waals surface area contributed by atoms with Gasteiger partial charge in [-0.15, -0.1) is 6.58 Å². The number of carbonyl (C=O) groups is 2. The van der Waals surface area contributed by atoms with Crippen molar-refractivity contribution in [3.63, 3.8) is 0 Å². The van der Waals surface area contributed by atoms with Crippen molar-refractivity contribution in [2.75, 3.05) is 0 Å². The predicted molar refractivity (Wildman–Crippen MR) is 66.8 cm³/mol. The number of hydrogen-bond donors (Lipinski definition) is 2. The van der Waals surface area contributed by atoms with E-state index in [-0.39, 0.29) is 17.7 Å². The number of alkyl halides is 2. The molecule has 0 saturated carbocycles. The van der Waals surface area contributed by atoms with Gasteiger partial charge < -0.3 is 15.2 Å². The molecule has 1 rings (SSSR count). The van der Waals surface area contributed by atoms with Crippen molar-refractivity contribution in [3.05, 3.63) is 42.5 Å². The Bertz CT molecular complexity index is 505. The number of carboxylic acid groups (broad SMARTS) is 1. The lowest BCUT2D eigenvalue weighted by molar-refractivity contribution is -0.139. The van der Waals surface area contributed by atoms with Gasteiger partial charge in [-0.25, -0.2) is 4.79 Å². The first-order valence-corrected chi connectivity index (χ1v) is 5.63. The highest BCUT2D eigenvalue weighted by atomic mass is 19.3. The van der Waals surface area contributed by atoms with Gasteiger partial charge in [-0.2, -0.15) is 8.78 Å². The van der Waals surface area contributed by atoms with Crippen LogP contribution in [0.4, 0.5) is 8.78 Å². The molecule has 108 valence electrons. The smallest absolute Gasteiger partial charge is 0.387 e. The Morgan fingerprint density at radius 3 is 2.70 bits per heavy atom. The van der Waals surface area contributed by atoms with Gasteiger partial charge in [0.2, 0.25) is 0 Å². The Hall–Kier alpha value is -2.44. The molecule has 1 amide bonds. The highest BCUT2D eigenvalue weighted by Gasteiger charge is 2.19. The van der Waals surface area contributed by atoms with Crippen LogP contribution in [0, 0.1) is 0 Å². The molecule has 0 bridgehead atoms. The second-order valence-corrected chi connectivity index (χ2v) is 3.79. The number of nitrogens with one attached hydrogen (secondary N) is 1. The Morgan fingerprint density at radius 1 is 1.45 bits per heavy atom. The quantitative estimate of drug-likeness (QED) is 0.752. The van der Waals surface area contributed by atoms with Crippen molar-refractivity contribution < 1.29 is 28.2 Å². The summed E-state index contributed by atoms with van der Waals surface area (Å²) >= 11 is 0. The second kappa shape index (κ2) is 7.22. The van der Waals surface area contributed by atoms with Crippen molar-refractivity contribution in [1.82, 2.24) is 5.32 Å². The third-order valence-electron chi connectivity index (χ3n) is 2.33. The summed E-state index contributed by atoms with van der Waals surface area (Å²) in [7, 11) is 0. The van der Waals surface area contributed by atoms with Gasteiger partial charge in [0.15, 0.2) is 0 Å². The average molecular weight is 285 g/mol. The molecule has 2 N–H and O–H groups in total. The molecular formula is C13H13F2NO4. The number of carboxylic acids is 1. The van der Waals surface area contributed by atoms with E-state index >= 15 is 0 Å². The van der Waals surface area contributed by atoms with Gasteiger partial charge >= 0.3 is 12.6 Å². The van der Waals surface area contributed by atoms with Gasteiger partial charge in [0, 0.05) is 5.56 Å². The van der Waals surface area contributed by atoms with Crippen LogP contribution in [0.15, 0.2) is 36.9 Å². The Balaban J connectivity index is 2.80. The molecule has 0 spiro atoms. The summed E-state index contributed by atoms with van der Waals surface area (Å²) < 4.78 is 28.3. The predicted octanol–water partition coefficient (Wildman–Crippen LogP) is 2.05. The molecule has 5 nitrogen and oxygen atoms in total. The van der Waals surface area contributed by atoms with E-state index in [1.807, 2.05) is 0 Å². The van der Waals surface area contributed by atoms with E-state index in [9.17, 15) is 18.4 Å². The Labute approximate surface area is 113 Å². The van der Waals surface area contributed by atoms with Crippen molar-refractivity contribution in [1.29, 1.82) is 0 Å². The summed E-state index contributed by atoms with van der Waals surface area (Å²) in [6, 6.07) is 3.96. The molecule has 20 heavy (non-hydrogen) atoms. The van der Waals surface area contributed by atoms with Crippen LogP contribution in [0.1, 0.15) is 16.8 Å². The van der Waals surface area contributed by atoms with Crippen LogP contribution < -0.4 is 10.1 Å². The second-order valence-electron chi connectivity index (χ2n) is 3.79. The van der Waals surface area contributed by atoms with Crippen LogP contribution in [0.3, 0.4) is 0 Å². The largest absolute Gasteiger partial charge is 0.480 e. The lowest BCUT2D eigenvalue weighted by Gasteiger charge is -2.13. The minimum atomic E-state index is -3.00. The van der Waals surface area contributed by atoms with Crippen LogP contribution >= 0.6 is 0 Å². The summed E-state index contributed by atoms with van der Waals surface area (Å²) in [5.41, 5.74) is 0.0264. The number of rotatable bonds is 7. The zero-order chi connectivity index (χ0) is 15.1. The van der Waals surface area contributed by atoms with E-state index in [1.54, 1.807) is 0 Å². The molecule has 0 aliphatic carbocycles. The molecule has 7 heteroatoms. The maximum Gasteiger partial charge on any atom is 0.387 e. The number of amides is 1. The van der Waals surface area contributed by atoms with Crippen molar-refractivity contribution in [3.8, 4) is 5.75 Å². The summed E-state index contributed by atoms with van der Waals surface area (Å²) in [6.45, 7) is 0.393. The zero-order valence-corrected chi connectivity index (χ0v) is 10.4. The fourth-order valence-electron chi connectivity index (χ4n) is 1.44. The molecule has 0 radical (unpaired) electrons. The SMILES string of the molecule is C=CCC(NC(=O)c1cccc(OC(F)F)c1)C(=O)O. The van der Waals surface area contributed by atoms with Crippen molar-refractivity contribution in [2.24, 2.45) is 0 Å². The monoisotopic (exact) mass is 285 g/mol. The lowest BCUT2D eigenvalue weighted by atomic mass is 10.1. The van der Waals surface area contributed by atoms with Crippen LogP contribution in [-0.2, 0) is 4.79 Å². The maximum atomic E-state index is 12.1. The van der Waals surface area contributed by atoms with Gasteiger partial charge in [0.05, 0.1) is 0 Å². The third kappa shape index (κ3) is 4.68. The molecule has 0 saturated heterocycles. The van der Waals surface area contributed by atoms with Crippen molar-refractivity contribution in [2.45, 2.75) is 19.1 Å². The fourth-order valence-corrected chi connectivity index (χ4v) is 1.44. The van der Waals surface area contributed by atoms with Crippen LogP contribution in [0.5, 0.6) is 5.75 Å². The number of benzene rings is 1. The first kappa shape index (κ1) is 15.6. The highest BCUT2D eigenvalue weighted by Crippen LogP contribution is 2.16. The fraction of sp³-hybridized carbons (Fsp3) is 0.231. The number of carbonyl (C=O) groups excluding carboxylic acids is 1. The molecule has 0 aromatic heterocycles. The summed E-state index contributed by atoms with van der Waals surface area (Å²) in [5.74, 6) is -2.08. The molecule has 0 heterocycles. The Morgan fingerprint density at radius 2 is 2.15 bits per heavy atom. The first-order valence-electron chi connectivity index (χ1n) is 5.63. The van der Waals surface area contributed by atoms with Crippen molar-refractivity contribution >= 4 is 11.9 Å². The molecule has 0 aliphatic heterocycles. The summed E-state index contributed by atoms with van der Waals surface area (Å²) in [5, 5.41) is 11.1. The lowest BCUT2D eigenvalue weighted by Crippen LogP contribution is -2.40. The molecule has 1 unspecified atom stereocenters. The van der Waals surface area contributed by atoms with E-state index in [2.05, 4.69) is 16.6 Å². The molecule has 0 aliphatic rings. The zero-order valence-electron chi connectivity index (χ0n) is 10.4. The molecule has 1 aromatic rings. The molecule has 1 atom stereocenters. The normalized spacial score (nSPS) is 11.8. The van der Waals surface area contributed by atoms with E-state index < -0.39 is 24.5 Å². The maximum absolute atomic E-state index is 12.1. The van der Waals surface area contributed by atoms with Crippen LogP contribution in [0.2, 0.25) is 0 Å².